The highest BCUT2D eigenvalue weighted by atomic mass is 16.1. The van der Waals surface area contributed by atoms with Crippen LogP contribution in [-0.4, -0.2) is 5.78 Å². The number of Topliss-reactive ketones (excluding diaryl/α,β-unsaturated/α-hetero) is 1. The van der Waals surface area contributed by atoms with E-state index >= 15 is 0 Å². The topological polar surface area (TPSA) is 40.9 Å². The molecule has 2 nitrogen and oxygen atoms in total. The van der Waals surface area contributed by atoms with E-state index < -0.39 is 0 Å². The van der Waals surface area contributed by atoms with Gasteiger partial charge >= 0.3 is 0 Å². The molecule has 0 aliphatic carbocycles. The van der Waals surface area contributed by atoms with Crippen molar-refractivity contribution in [1.29, 1.82) is 5.26 Å². The van der Waals surface area contributed by atoms with Gasteiger partial charge in [-0.2, -0.15) is 5.26 Å². The highest BCUT2D eigenvalue weighted by Crippen LogP contribution is 2.04. The zero-order chi connectivity index (χ0) is 12.8. The van der Waals surface area contributed by atoms with Crippen LogP contribution in [0.4, 0.5) is 0 Å². The summed E-state index contributed by atoms with van der Waals surface area (Å²) >= 11 is 0. The summed E-state index contributed by atoms with van der Waals surface area (Å²) in [6, 6.07) is 17.8. The lowest BCUT2D eigenvalue weighted by atomic mass is 10.1. The minimum Gasteiger partial charge on any atom is -0.279 e. The molecule has 0 radical (unpaired) electrons. The van der Waals surface area contributed by atoms with Crippen LogP contribution in [0.5, 0.6) is 0 Å². The summed E-state index contributed by atoms with van der Waals surface area (Å²) < 4.78 is 0. The first-order chi connectivity index (χ1) is 8.79. The fraction of sp³-hybridized carbons (Fsp3) is 0. The largest absolute Gasteiger partial charge is 0.279 e. The number of ketones is 1. The quantitative estimate of drug-likeness (QED) is 0.559. The van der Waals surface area contributed by atoms with Gasteiger partial charge in [-0.15, -0.1) is 0 Å². The second-order valence-corrected chi connectivity index (χ2v) is 3.63. The maximum Gasteiger partial charge on any atom is 0.236 e. The average molecular weight is 231 g/mol. The number of hydrogen-bond donors (Lipinski definition) is 0. The fourth-order valence-electron chi connectivity index (χ4n) is 1.42. The molecule has 0 N–H and O–H groups in total. The molecule has 0 aliphatic rings. The molecule has 2 aromatic rings. The van der Waals surface area contributed by atoms with E-state index in [4.69, 9.17) is 5.26 Å². The molecule has 0 amide bonds. The van der Waals surface area contributed by atoms with Crippen molar-refractivity contribution in [1.82, 2.24) is 0 Å². The third-order valence-electron chi connectivity index (χ3n) is 2.37. The predicted molar refractivity (Wildman–Crippen MR) is 68.8 cm³/mol. The number of carbonyl (C=O) groups is 1. The van der Waals surface area contributed by atoms with Crippen molar-refractivity contribution in [3.8, 4) is 17.9 Å². The zero-order valence-electron chi connectivity index (χ0n) is 9.55. The summed E-state index contributed by atoms with van der Waals surface area (Å²) in [5.41, 5.74) is 1.83. The first-order valence-electron chi connectivity index (χ1n) is 5.41. The fourth-order valence-corrected chi connectivity index (χ4v) is 1.42. The number of nitriles is 1. The second-order valence-electron chi connectivity index (χ2n) is 3.63. The van der Waals surface area contributed by atoms with Crippen LogP contribution < -0.4 is 0 Å². The third-order valence-corrected chi connectivity index (χ3v) is 2.37. The number of benzene rings is 2. The SMILES string of the molecule is N#Cc1ccc(C(=O)C#Cc2ccccc2)cc1. The molecule has 2 rings (SSSR count). The molecule has 0 bridgehead atoms. The minimum absolute atomic E-state index is 0.247. The summed E-state index contributed by atoms with van der Waals surface area (Å²) in [6.45, 7) is 0. The Morgan fingerprint density at radius 2 is 1.56 bits per heavy atom. The van der Waals surface area contributed by atoms with Crippen LogP contribution in [0.25, 0.3) is 0 Å². The molecule has 0 aromatic heterocycles. The third kappa shape index (κ3) is 2.84. The van der Waals surface area contributed by atoms with E-state index in [1.807, 2.05) is 36.4 Å². The molecule has 0 atom stereocenters. The van der Waals surface area contributed by atoms with Crippen LogP contribution in [-0.2, 0) is 0 Å². The molecule has 0 unspecified atom stereocenters. The Hall–Kier alpha value is -2.84. The molecular formula is C16H9NO. The molecule has 2 aromatic carbocycles. The molecule has 0 saturated carbocycles. The van der Waals surface area contributed by atoms with Crippen molar-refractivity contribution < 1.29 is 4.79 Å². The van der Waals surface area contributed by atoms with E-state index in [0.717, 1.165) is 5.56 Å². The van der Waals surface area contributed by atoms with E-state index in [9.17, 15) is 4.79 Å². The number of nitrogens with zero attached hydrogens (tertiary/aromatic N) is 1. The lowest BCUT2D eigenvalue weighted by Crippen LogP contribution is -1.94. The lowest BCUT2D eigenvalue weighted by Gasteiger charge is -1.93. The highest BCUT2D eigenvalue weighted by Gasteiger charge is 2.01. The molecule has 84 valence electrons. The Balaban J connectivity index is 2.18. The molecule has 0 aliphatic heterocycles. The second kappa shape index (κ2) is 5.48. The van der Waals surface area contributed by atoms with Gasteiger partial charge in [0.05, 0.1) is 11.6 Å². The average Bonchev–Trinajstić information content (AvgIpc) is 2.46. The van der Waals surface area contributed by atoms with Gasteiger partial charge in [-0.1, -0.05) is 24.1 Å². The number of rotatable bonds is 1. The molecule has 2 heteroatoms. The highest BCUT2D eigenvalue weighted by molar-refractivity contribution is 6.09. The first-order valence-corrected chi connectivity index (χ1v) is 5.41. The van der Waals surface area contributed by atoms with Crippen molar-refractivity contribution in [3.63, 3.8) is 0 Å². The Kier molecular flexibility index (Phi) is 3.54. The first kappa shape index (κ1) is 11.6. The lowest BCUT2D eigenvalue weighted by molar-refractivity contribution is 0.105. The van der Waals surface area contributed by atoms with Gasteiger partial charge in [-0.05, 0) is 42.3 Å². The van der Waals surface area contributed by atoms with Gasteiger partial charge in [0.2, 0.25) is 5.78 Å². The molecule has 0 saturated heterocycles. The van der Waals surface area contributed by atoms with Gasteiger partial charge in [0.15, 0.2) is 0 Å². The van der Waals surface area contributed by atoms with E-state index in [2.05, 4.69) is 11.8 Å². The molecule has 0 fully saturated rings. The van der Waals surface area contributed by atoms with Crippen molar-refractivity contribution in [2.45, 2.75) is 0 Å². The van der Waals surface area contributed by atoms with Gasteiger partial charge in [-0.3, -0.25) is 4.79 Å². The number of hydrogen-bond acceptors (Lipinski definition) is 2. The Bertz CT molecular complexity index is 652. The van der Waals surface area contributed by atoms with Crippen LogP contribution in [0.2, 0.25) is 0 Å². The van der Waals surface area contributed by atoms with Crippen LogP contribution in [0.15, 0.2) is 54.6 Å². The summed E-state index contributed by atoms with van der Waals surface area (Å²) in [6.07, 6.45) is 0. The Labute approximate surface area is 106 Å². The summed E-state index contributed by atoms with van der Waals surface area (Å²) in [5.74, 6) is 5.14. The molecule has 18 heavy (non-hydrogen) atoms. The monoisotopic (exact) mass is 231 g/mol. The van der Waals surface area contributed by atoms with Crippen molar-refractivity contribution in [2.24, 2.45) is 0 Å². The van der Waals surface area contributed by atoms with Crippen LogP contribution in [0, 0.1) is 23.2 Å². The smallest absolute Gasteiger partial charge is 0.236 e. The van der Waals surface area contributed by atoms with Gasteiger partial charge < -0.3 is 0 Å². The Morgan fingerprint density at radius 3 is 2.17 bits per heavy atom. The molecular weight excluding hydrogens is 222 g/mol. The standard InChI is InChI=1S/C16H9NO/c17-12-14-6-9-15(10-7-14)16(18)11-8-13-4-2-1-3-5-13/h1-7,9-10H. The van der Waals surface area contributed by atoms with E-state index in [1.165, 1.54) is 0 Å². The van der Waals surface area contributed by atoms with Crippen molar-refractivity contribution in [2.75, 3.05) is 0 Å². The molecule has 0 heterocycles. The van der Waals surface area contributed by atoms with Gasteiger partial charge in [0, 0.05) is 11.1 Å². The summed E-state index contributed by atoms with van der Waals surface area (Å²) in [4.78, 5) is 11.8. The van der Waals surface area contributed by atoms with Crippen LogP contribution >= 0.6 is 0 Å². The van der Waals surface area contributed by atoms with E-state index in [1.54, 1.807) is 24.3 Å². The predicted octanol–water partition coefficient (Wildman–Crippen LogP) is 2.79. The van der Waals surface area contributed by atoms with Crippen LogP contribution in [0.1, 0.15) is 21.5 Å². The van der Waals surface area contributed by atoms with Crippen LogP contribution in [0.3, 0.4) is 0 Å². The zero-order valence-corrected chi connectivity index (χ0v) is 9.55. The maximum absolute atomic E-state index is 11.8. The number of carbonyl (C=O) groups excluding carboxylic acids is 1. The van der Waals surface area contributed by atoms with Gasteiger partial charge in [0.25, 0.3) is 0 Å². The Morgan fingerprint density at radius 1 is 0.889 bits per heavy atom. The molecule has 0 spiro atoms. The van der Waals surface area contributed by atoms with E-state index in [-0.39, 0.29) is 5.78 Å². The van der Waals surface area contributed by atoms with Gasteiger partial charge in [0.1, 0.15) is 0 Å². The van der Waals surface area contributed by atoms with Gasteiger partial charge in [-0.25, -0.2) is 0 Å². The maximum atomic E-state index is 11.8. The van der Waals surface area contributed by atoms with Crippen molar-refractivity contribution in [3.05, 3.63) is 71.3 Å². The summed E-state index contributed by atoms with van der Waals surface area (Å²) in [5, 5.41) is 8.66. The minimum atomic E-state index is -0.247. The van der Waals surface area contributed by atoms with Crippen molar-refractivity contribution >= 4 is 5.78 Å². The normalized spacial score (nSPS) is 8.83. The van der Waals surface area contributed by atoms with E-state index in [0.29, 0.717) is 11.1 Å². The summed E-state index contributed by atoms with van der Waals surface area (Å²) in [7, 11) is 0.